The van der Waals surface area contributed by atoms with Crippen LogP contribution in [-0.4, -0.2) is 59.7 Å². The van der Waals surface area contributed by atoms with E-state index in [0.717, 1.165) is 0 Å². The Kier molecular flexibility index (Phi) is 4.52. The summed E-state index contributed by atoms with van der Waals surface area (Å²) in [5.74, 6) is -2.65. The Hall–Kier alpha value is -1.92. The zero-order valence-corrected chi connectivity index (χ0v) is 11.8. The number of phenols is 1. The van der Waals surface area contributed by atoms with Crippen molar-refractivity contribution in [1.82, 2.24) is 0 Å². The molecule has 0 heterocycles. The fourth-order valence-corrected chi connectivity index (χ4v) is 2.15. The van der Waals surface area contributed by atoms with E-state index in [2.05, 4.69) is 0 Å². The quantitative estimate of drug-likeness (QED) is 0.523. The number of likely N-dealkylation sites (N-methyl/N-ethyl adjacent to an activating group) is 1. The van der Waals surface area contributed by atoms with Crippen LogP contribution in [0.4, 0.5) is 0 Å². The van der Waals surface area contributed by atoms with Crippen LogP contribution in [0.5, 0.6) is 5.75 Å². The summed E-state index contributed by atoms with van der Waals surface area (Å²) in [5, 5.41) is 31.0. The highest BCUT2D eigenvalue weighted by Crippen LogP contribution is 2.25. The number of carboxylic acid groups (broad SMARTS) is 1. The first-order valence-corrected chi connectivity index (χ1v) is 6.11. The van der Waals surface area contributed by atoms with E-state index in [4.69, 9.17) is 0 Å². The van der Waals surface area contributed by atoms with Crippen molar-refractivity contribution in [3.05, 3.63) is 29.8 Å². The standard InChI is InChI=1S/C14H19NO5/c1-15(2,3)9-14(20,8-12(17)18)13(19)10-6-4-5-7-11(10)16/h4-7,20H,8-9H2,1-3H3,(H-,16,17,18,19)/t14-/m1/s1. The zero-order valence-electron chi connectivity index (χ0n) is 11.8. The van der Waals surface area contributed by atoms with Crippen molar-refractivity contribution in [2.75, 3.05) is 27.7 Å². The number of Topliss-reactive ketones (excluding diaryl/α,β-unsaturated/α-hetero) is 1. The van der Waals surface area contributed by atoms with Crippen molar-refractivity contribution < 1.29 is 29.4 Å². The van der Waals surface area contributed by atoms with Gasteiger partial charge in [0.05, 0.1) is 26.7 Å². The highest BCUT2D eigenvalue weighted by Gasteiger charge is 2.42. The summed E-state index contributed by atoms with van der Waals surface area (Å²) in [6.45, 7) is -0.117. The van der Waals surface area contributed by atoms with E-state index < -0.39 is 23.8 Å². The molecule has 0 aliphatic rings. The highest BCUT2D eigenvalue weighted by atomic mass is 16.4. The molecule has 0 aliphatic heterocycles. The molecular formula is C14H19NO5. The summed E-state index contributed by atoms with van der Waals surface area (Å²) >= 11 is 0. The third-order valence-electron chi connectivity index (χ3n) is 2.74. The van der Waals surface area contributed by atoms with Gasteiger partial charge < -0.3 is 24.6 Å². The van der Waals surface area contributed by atoms with Crippen LogP contribution in [0, 0.1) is 0 Å². The van der Waals surface area contributed by atoms with Crippen LogP contribution in [0.15, 0.2) is 24.3 Å². The van der Waals surface area contributed by atoms with E-state index in [-0.39, 0.29) is 22.3 Å². The van der Waals surface area contributed by atoms with Gasteiger partial charge in [0.25, 0.3) is 0 Å². The van der Waals surface area contributed by atoms with Crippen LogP contribution in [0.1, 0.15) is 16.8 Å². The molecule has 6 nitrogen and oxygen atoms in total. The van der Waals surface area contributed by atoms with Gasteiger partial charge in [-0.25, -0.2) is 0 Å². The number of ketones is 1. The first-order valence-electron chi connectivity index (χ1n) is 6.11. The number of benzene rings is 1. The molecule has 0 amide bonds. The molecular weight excluding hydrogens is 262 g/mol. The summed E-state index contributed by atoms with van der Waals surface area (Å²) in [5.41, 5.74) is -2.24. The maximum absolute atomic E-state index is 12.4. The number of hydrogen-bond acceptors (Lipinski definition) is 5. The third-order valence-corrected chi connectivity index (χ3v) is 2.74. The van der Waals surface area contributed by atoms with Crippen molar-refractivity contribution >= 4 is 11.8 Å². The van der Waals surface area contributed by atoms with Gasteiger partial charge in [-0.3, -0.25) is 4.79 Å². The Morgan fingerprint density at radius 1 is 1.25 bits per heavy atom. The predicted molar refractivity (Wildman–Crippen MR) is 69.9 cm³/mol. The molecule has 1 rings (SSSR count). The second-order valence-corrected chi connectivity index (χ2v) is 5.88. The first kappa shape index (κ1) is 16.1. The minimum Gasteiger partial charge on any atom is -0.550 e. The second kappa shape index (κ2) is 5.60. The van der Waals surface area contributed by atoms with Gasteiger partial charge in [0.1, 0.15) is 12.3 Å². The number of nitrogens with zero attached hydrogens (tertiary/aromatic N) is 1. The monoisotopic (exact) mass is 281 g/mol. The number of para-hydroxylation sites is 1. The molecule has 0 radical (unpaired) electrons. The van der Waals surface area contributed by atoms with Crippen molar-refractivity contribution in [3.8, 4) is 5.75 Å². The molecule has 1 aromatic rings. The van der Waals surface area contributed by atoms with Crippen LogP contribution < -0.4 is 5.11 Å². The molecule has 0 aromatic heterocycles. The minimum atomic E-state index is -2.13. The number of hydrogen-bond donors (Lipinski definition) is 2. The van der Waals surface area contributed by atoms with Gasteiger partial charge in [-0.1, -0.05) is 12.1 Å². The predicted octanol–water partition coefficient (Wildman–Crippen LogP) is -0.848. The molecule has 0 saturated heterocycles. The molecule has 0 aliphatic carbocycles. The van der Waals surface area contributed by atoms with Crippen molar-refractivity contribution in [2.24, 2.45) is 0 Å². The number of phenolic OH excluding ortho intramolecular Hbond substituents is 1. The number of carbonyl (C=O) groups is 2. The van der Waals surface area contributed by atoms with Crippen LogP contribution in [0.25, 0.3) is 0 Å². The Balaban J connectivity index is 3.20. The van der Waals surface area contributed by atoms with E-state index in [1.54, 1.807) is 21.1 Å². The molecule has 0 spiro atoms. The minimum absolute atomic E-state index is 0.107. The van der Waals surface area contributed by atoms with E-state index in [9.17, 15) is 24.9 Å². The molecule has 1 aromatic carbocycles. The fourth-order valence-electron chi connectivity index (χ4n) is 2.15. The maximum Gasteiger partial charge on any atom is 0.204 e. The summed E-state index contributed by atoms with van der Waals surface area (Å²) in [6.07, 6.45) is -0.824. The smallest absolute Gasteiger partial charge is 0.204 e. The normalized spacial score (nSPS) is 14.6. The lowest BCUT2D eigenvalue weighted by Gasteiger charge is -2.34. The van der Waals surface area contributed by atoms with E-state index in [1.165, 1.54) is 24.3 Å². The SMILES string of the molecule is C[N+](C)(C)C[C@](O)(CC(=O)[O-])C(=O)c1ccccc1O. The summed E-state index contributed by atoms with van der Waals surface area (Å²) < 4.78 is 0.184. The molecule has 20 heavy (non-hydrogen) atoms. The van der Waals surface area contributed by atoms with Crippen LogP contribution >= 0.6 is 0 Å². The Morgan fingerprint density at radius 2 is 1.80 bits per heavy atom. The second-order valence-electron chi connectivity index (χ2n) is 5.88. The molecule has 2 N–H and O–H groups in total. The lowest BCUT2D eigenvalue weighted by Crippen LogP contribution is -2.56. The fraction of sp³-hybridized carbons (Fsp3) is 0.429. The maximum atomic E-state index is 12.4. The van der Waals surface area contributed by atoms with Gasteiger partial charge >= 0.3 is 0 Å². The Labute approximate surface area is 117 Å². The zero-order chi connectivity index (χ0) is 15.6. The molecule has 0 saturated carbocycles. The van der Waals surface area contributed by atoms with Gasteiger partial charge in [-0.15, -0.1) is 0 Å². The lowest BCUT2D eigenvalue weighted by atomic mass is 9.88. The largest absolute Gasteiger partial charge is 0.550 e. The Bertz CT molecular complexity index is 521. The molecule has 0 fully saturated rings. The van der Waals surface area contributed by atoms with Crippen molar-refractivity contribution in [3.63, 3.8) is 0 Å². The average Bonchev–Trinajstić information content (AvgIpc) is 2.25. The molecule has 0 bridgehead atoms. The van der Waals surface area contributed by atoms with Crippen LogP contribution in [0.3, 0.4) is 0 Å². The van der Waals surface area contributed by atoms with Gasteiger partial charge in [-0.05, 0) is 12.1 Å². The average molecular weight is 281 g/mol. The van der Waals surface area contributed by atoms with Gasteiger partial charge in [0.2, 0.25) is 5.78 Å². The Morgan fingerprint density at radius 3 is 2.25 bits per heavy atom. The van der Waals surface area contributed by atoms with Crippen LogP contribution in [-0.2, 0) is 4.79 Å². The molecule has 6 heteroatoms. The number of carbonyl (C=O) groups excluding carboxylic acids is 2. The topological polar surface area (TPSA) is 97.7 Å². The van der Waals surface area contributed by atoms with E-state index >= 15 is 0 Å². The third kappa shape index (κ3) is 4.04. The van der Waals surface area contributed by atoms with Crippen molar-refractivity contribution in [2.45, 2.75) is 12.0 Å². The van der Waals surface area contributed by atoms with E-state index in [1.807, 2.05) is 0 Å². The van der Waals surface area contributed by atoms with Crippen molar-refractivity contribution in [1.29, 1.82) is 0 Å². The molecule has 110 valence electrons. The lowest BCUT2D eigenvalue weighted by molar-refractivity contribution is -0.875. The van der Waals surface area contributed by atoms with Gasteiger partial charge in [0.15, 0.2) is 5.60 Å². The highest BCUT2D eigenvalue weighted by molar-refractivity contribution is 6.05. The van der Waals surface area contributed by atoms with Gasteiger partial charge in [-0.2, -0.15) is 0 Å². The number of aliphatic hydroxyl groups is 1. The summed E-state index contributed by atoms with van der Waals surface area (Å²) in [4.78, 5) is 23.2. The molecule has 0 unspecified atom stereocenters. The summed E-state index contributed by atoms with van der Waals surface area (Å²) in [7, 11) is 5.16. The number of carboxylic acids is 1. The number of aromatic hydroxyl groups is 1. The van der Waals surface area contributed by atoms with Gasteiger partial charge in [0, 0.05) is 12.4 Å². The number of rotatable bonds is 6. The number of aliphatic carboxylic acids is 1. The van der Waals surface area contributed by atoms with E-state index in [0.29, 0.717) is 0 Å². The number of quaternary nitrogens is 1. The summed E-state index contributed by atoms with van der Waals surface area (Å²) in [6, 6.07) is 5.70. The first-order chi connectivity index (χ1) is 9.05. The molecule has 1 atom stereocenters. The van der Waals surface area contributed by atoms with Crippen LogP contribution in [0.2, 0.25) is 0 Å².